The van der Waals surface area contributed by atoms with E-state index in [-0.39, 0.29) is 19.7 Å². The quantitative estimate of drug-likeness (QED) is 0.0880. The summed E-state index contributed by atoms with van der Waals surface area (Å²) in [4.78, 5) is 67.2. The molecular weight excluding hydrogens is 809 g/mol. The number of rotatable bonds is 16. The summed E-state index contributed by atoms with van der Waals surface area (Å²) in [7, 11) is 5.96. The van der Waals surface area contributed by atoms with E-state index in [0.29, 0.717) is 11.5 Å². The van der Waals surface area contributed by atoms with Crippen molar-refractivity contribution in [1.82, 2.24) is 29.7 Å². The molecule has 5 N–H and O–H groups in total. The molecule has 2 amide bonds. The molecule has 0 aliphatic carbocycles. The van der Waals surface area contributed by atoms with Crippen LogP contribution in [0.2, 0.25) is 0 Å². The number of nitrogens with one attached hydrogen (secondary N) is 4. The minimum atomic E-state index is -1.26. The topological polar surface area (TPSA) is 236 Å². The van der Waals surface area contributed by atoms with Crippen LogP contribution in [0.3, 0.4) is 0 Å². The average Bonchev–Trinajstić information content (AvgIpc) is 3.80. The molecule has 4 heterocycles. The van der Waals surface area contributed by atoms with E-state index in [1.54, 1.807) is 14.2 Å². The first-order valence-corrected chi connectivity index (χ1v) is 19.7. The van der Waals surface area contributed by atoms with Crippen LogP contribution in [-0.2, 0) is 29.3 Å². The van der Waals surface area contributed by atoms with Gasteiger partial charge in [0.2, 0.25) is 0 Å². The monoisotopic (exact) mass is 856 g/mol. The molecule has 2 aliphatic rings. The van der Waals surface area contributed by atoms with E-state index in [1.807, 2.05) is 78.9 Å². The molecule has 0 saturated carbocycles. The van der Waals surface area contributed by atoms with Crippen molar-refractivity contribution in [2.45, 2.75) is 48.6 Å². The van der Waals surface area contributed by atoms with E-state index in [9.17, 15) is 29.1 Å². The molecule has 62 heavy (non-hydrogen) atoms. The largest absolute Gasteiger partial charge is 0.497 e. The Hall–Kier alpha value is -6.35. The lowest BCUT2D eigenvalue weighted by Crippen LogP contribution is -2.47. The average molecular weight is 857 g/mol. The van der Waals surface area contributed by atoms with E-state index in [4.69, 9.17) is 33.2 Å². The fourth-order valence-electron chi connectivity index (χ4n) is 8.07. The highest BCUT2D eigenvalue weighted by Gasteiger charge is 2.49. The lowest BCUT2D eigenvalue weighted by Gasteiger charge is -2.37. The number of aliphatic hydroxyl groups is 1. The number of aromatic amines is 2. The number of carbonyl (C=O) groups excluding carboxylic acids is 1. The van der Waals surface area contributed by atoms with Crippen LogP contribution in [0.15, 0.2) is 123 Å². The van der Waals surface area contributed by atoms with Gasteiger partial charge in [-0.15, -0.1) is 0 Å². The molecule has 0 spiro atoms. The highest BCUT2D eigenvalue weighted by atomic mass is 16.6. The van der Waals surface area contributed by atoms with E-state index >= 15 is 0 Å². The van der Waals surface area contributed by atoms with Crippen molar-refractivity contribution in [3.63, 3.8) is 0 Å². The van der Waals surface area contributed by atoms with Crippen molar-refractivity contribution in [3.8, 4) is 11.5 Å². The zero-order valence-corrected chi connectivity index (χ0v) is 34.3. The summed E-state index contributed by atoms with van der Waals surface area (Å²) in [6, 6.07) is 26.3. The van der Waals surface area contributed by atoms with Crippen molar-refractivity contribution < 1.29 is 43.1 Å². The van der Waals surface area contributed by atoms with Crippen molar-refractivity contribution in [3.05, 3.63) is 162 Å². The van der Waals surface area contributed by atoms with Gasteiger partial charge >= 0.3 is 17.4 Å². The number of nitrogens with zero attached hydrogens (tertiary/aromatic N) is 2. The third-order valence-electron chi connectivity index (χ3n) is 11.2. The third-order valence-corrected chi connectivity index (χ3v) is 11.2. The normalized spacial score (nSPS) is 23.5. The molecule has 2 aliphatic heterocycles. The number of urea groups is 1. The number of aliphatic hydroxyl groups excluding tert-OH is 1. The Morgan fingerprint density at radius 2 is 1.15 bits per heavy atom. The lowest BCUT2D eigenvalue weighted by molar-refractivity contribution is -0.0928. The standard InChI is InChI=1S/C43H48N6O13/c1-56-28-14-10-26(11-15-28)43(25-8-6-5-7-9-25,27-12-16-29(57-2)17-13-27)60-24-32-30(36(58-3)38(62-32)48-20-18-33(50)46-41(48)54)22-44-40(53)45-23-31-35(52)37(59-4)39(61-31)49-21-19-34(51)47-42(49)55/h5-21,30-32,35-39,52H,22-24H2,1-4H3,(H2,44,45,53)(H,46,50,54)(H,47,51,55)/t30-,31-,32-,35-,36-,37-,38-,39-/m1/s1. The van der Waals surface area contributed by atoms with Gasteiger partial charge in [-0.05, 0) is 41.0 Å². The SMILES string of the molecule is COc1ccc(C(OC[C@H]2O[C@@H](n3ccc(=O)[nH]c3=O)[C@H](OC)[C@@H]2CNC(=O)NC[C@H]2O[C@@H](n3ccc(=O)[nH]c3=O)[C@H](OC)[C@@H]2O)(c2ccccc2)c2ccc(OC)cc2)cc1. The van der Waals surface area contributed by atoms with Crippen molar-refractivity contribution >= 4 is 6.03 Å². The van der Waals surface area contributed by atoms with Crippen LogP contribution < -0.4 is 42.6 Å². The van der Waals surface area contributed by atoms with E-state index in [2.05, 4.69) is 20.6 Å². The molecule has 0 unspecified atom stereocenters. The van der Waals surface area contributed by atoms with Gasteiger partial charge in [-0.3, -0.25) is 28.7 Å². The summed E-state index contributed by atoms with van der Waals surface area (Å²) in [5.41, 5.74) is -1.61. The number of methoxy groups -OCH3 is 4. The van der Waals surface area contributed by atoms with Crippen LogP contribution in [0.1, 0.15) is 29.1 Å². The Labute approximate surface area is 354 Å². The molecule has 8 atom stereocenters. The first kappa shape index (κ1) is 43.7. The highest BCUT2D eigenvalue weighted by molar-refractivity contribution is 5.73. The minimum Gasteiger partial charge on any atom is -0.497 e. The first-order valence-electron chi connectivity index (χ1n) is 19.7. The molecule has 0 bridgehead atoms. The van der Waals surface area contributed by atoms with Gasteiger partial charge in [-0.25, -0.2) is 14.4 Å². The number of amides is 2. The Balaban J connectivity index is 1.16. The number of benzene rings is 3. The first-order chi connectivity index (χ1) is 30.0. The summed E-state index contributed by atoms with van der Waals surface area (Å²) in [6.45, 7) is -0.344. The molecule has 2 saturated heterocycles. The molecule has 2 aromatic heterocycles. The molecule has 2 fully saturated rings. The van der Waals surface area contributed by atoms with Gasteiger partial charge in [0.05, 0.1) is 26.9 Å². The Kier molecular flexibility index (Phi) is 13.5. The van der Waals surface area contributed by atoms with Crippen LogP contribution >= 0.6 is 0 Å². The Morgan fingerprint density at radius 3 is 1.65 bits per heavy atom. The van der Waals surface area contributed by atoms with Crippen LogP contribution in [-0.4, -0.2) is 109 Å². The zero-order valence-electron chi connectivity index (χ0n) is 34.3. The smallest absolute Gasteiger partial charge is 0.330 e. The zero-order chi connectivity index (χ0) is 44.0. The number of aromatic nitrogens is 4. The predicted octanol–water partition coefficient (Wildman–Crippen LogP) is 1.21. The maximum absolute atomic E-state index is 13.5. The molecule has 19 nitrogen and oxygen atoms in total. The second-order valence-electron chi connectivity index (χ2n) is 14.6. The maximum Gasteiger partial charge on any atom is 0.330 e. The van der Waals surface area contributed by atoms with Gasteiger partial charge in [-0.1, -0.05) is 54.6 Å². The van der Waals surface area contributed by atoms with E-state index < -0.39 is 83.0 Å². The third kappa shape index (κ3) is 8.85. The summed E-state index contributed by atoms with van der Waals surface area (Å²) in [5, 5.41) is 16.6. The fourth-order valence-corrected chi connectivity index (χ4v) is 8.07. The molecule has 5 aromatic rings. The number of carbonyl (C=O) groups is 1. The van der Waals surface area contributed by atoms with Gasteiger partial charge in [0.1, 0.15) is 41.5 Å². The van der Waals surface area contributed by atoms with Crippen LogP contribution in [0.25, 0.3) is 0 Å². The number of H-pyrrole nitrogens is 2. The molecule has 3 aromatic carbocycles. The van der Waals surface area contributed by atoms with Gasteiger partial charge in [0, 0.05) is 57.8 Å². The van der Waals surface area contributed by atoms with Gasteiger partial charge in [0.25, 0.3) is 11.1 Å². The maximum atomic E-state index is 13.5. The summed E-state index contributed by atoms with van der Waals surface area (Å²) < 4.78 is 44.4. The summed E-state index contributed by atoms with van der Waals surface area (Å²) >= 11 is 0. The van der Waals surface area contributed by atoms with Crippen molar-refractivity contribution in [1.29, 1.82) is 0 Å². The fraction of sp³-hybridized carbons (Fsp3) is 0.372. The second kappa shape index (κ2) is 19.1. The van der Waals surface area contributed by atoms with E-state index in [0.717, 1.165) is 27.3 Å². The van der Waals surface area contributed by atoms with E-state index in [1.165, 1.54) is 37.2 Å². The summed E-state index contributed by atoms with van der Waals surface area (Å²) in [6.07, 6.45) is -4.55. The van der Waals surface area contributed by atoms with Crippen LogP contribution in [0.5, 0.6) is 11.5 Å². The van der Waals surface area contributed by atoms with Crippen molar-refractivity contribution in [2.24, 2.45) is 5.92 Å². The summed E-state index contributed by atoms with van der Waals surface area (Å²) in [5.74, 6) is 0.628. The number of ether oxygens (including phenoxy) is 7. The van der Waals surface area contributed by atoms with Gasteiger partial charge in [0.15, 0.2) is 12.5 Å². The Morgan fingerprint density at radius 1 is 0.661 bits per heavy atom. The lowest BCUT2D eigenvalue weighted by atomic mass is 9.80. The minimum absolute atomic E-state index is 0.0550. The number of hydrogen-bond acceptors (Lipinski definition) is 13. The molecular formula is C43H48N6O13. The molecule has 7 rings (SSSR count). The molecule has 328 valence electrons. The number of hydrogen-bond donors (Lipinski definition) is 5. The van der Waals surface area contributed by atoms with Gasteiger partial charge in [-0.2, -0.15) is 0 Å². The molecule has 19 heteroatoms. The van der Waals surface area contributed by atoms with Crippen LogP contribution in [0, 0.1) is 5.92 Å². The van der Waals surface area contributed by atoms with Crippen LogP contribution in [0.4, 0.5) is 4.79 Å². The molecule has 0 radical (unpaired) electrons. The predicted molar refractivity (Wildman–Crippen MR) is 221 cm³/mol. The van der Waals surface area contributed by atoms with Gasteiger partial charge < -0.3 is 48.9 Å². The highest BCUT2D eigenvalue weighted by Crippen LogP contribution is 2.44. The Bertz CT molecular complexity index is 2480. The second-order valence-corrected chi connectivity index (χ2v) is 14.6. The van der Waals surface area contributed by atoms with Crippen molar-refractivity contribution in [2.75, 3.05) is 48.1 Å².